The topological polar surface area (TPSA) is 54.5 Å². The summed E-state index contributed by atoms with van der Waals surface area (Å²) in [6, 6.07) is 37.2. The van der Waals surface area contributed by atoms with Crippen molar-refractivity contribution in [3.8, 4) is 17.3 Å². The minimum absolute atomic E-state index is 0.538. The minimum atomic E-state index is -0.667. The lowest BCUT2D eigenvalue weighted by molar-refractivity contribution is 0.458. The van der Waals surface area contributed by atoms with E-state index in [0.29, 0.717) is 5.56 Å². The number of nitrogens with zero attached hydrogens (tertiary/aromatic N) is 4. The third kappa shape index (κ3) is 3.50. The fourth-order valence-corrected chi connectivity index (χ4v) is 4.44. The summed E-state index contributed by atoms with van der Waals surface area (Å²) in [6.45, 7) is 2.00. The van der Waals surface area contributed by atoms with Gasteiger partial charge in [-0.3, -0.25) is 9.67 Å². The van der Waals surface area contributed by atoms with Gasteiger partial charge in [0.05, 0.1) is 17.0 Å². The van der Waals surface area contributed by atoms with Crippen molar-refractivity contribution in [3.63, 3.8) is 0 Å². The highest BCUT2D eigenvalue weighted by Crippen LogP contribution is 2.41. The molecule has 5 aromatic rings. The number of aryl methyl sites for hydroxylation is 1. The highest BCUT2D eigenvalue weighted by Gasteiger charge is 2.39. The molecule has 0 atom stereocenters. The van der Waals surface area contributed by atoms with Crippen LogP contribution in [0.15, 0.2) is 116 Å². The molecule has 0 saturated carbocycles. The predicted octanol–water partition coefficient (Wildman–Crippen LogP) is 5.97. The van der Waals surface area contributed by atoms with Gasteiger partial charge >= 0.3 is 0 Å². The van der Waals surface area contributed by atoms with Gasteiger partial charge < -0.3 is 0 Å². The normalized spacial score (nSPS) is 11.2. The minimum Gasteiger partial charge on any atom is -0.255 e. The largest absolute Gasteiger partial charge is 0.255 e. The average molecular weight is 427 g/mol. The van der Waals surface area contributed by atoms with Gasteiger partial charge in [0.2, 0.25) is 0 Å². The zero-order valence-electron chi connectivity index (χ0n) is 18.3. The van der Waals surface area contributed by atoms with Crippen LogP contribution in [0.1, 0.15) is 27.9 Å². The van der Waals surface area contributed by atoms with Gasteiger partial charge in [0, 0.05) is 18.0 Å². The quantitative estimate of drug-likeness (QED) is 0.326. The van der Waals surface area contributed by atoms with E-state index in [1.54, 1.807) is 12.3 Å². The number of rotatable bonds is 5. The van der Waals surface area contributed by atoms with E-state index >= 15 is 0 Å². The molecule has 4 nitrogen and oxygen atoms in total. The molecule has 0 N–H and O–H groups in total. The van der Waals surface area contributed by atoms with Gasteiger partial charge in [0.15, 0.2) is 0 Å². The molecule has 0 spiro atoms. The van der Waals surface area contributed by atoms with Crippen molar-refractivity contribution in [1.82, 2.24) is 14.8 Å². The van der Waals surface area contributed by atoms with Crippen LogP contribution in [0, 0.1) is 18.3 Å². The molecule has 0 unspecified atom stereocenters. The van der Waals surface area contributed by atoms with Gasteiger partial charge in [0.25, 0.3) is 0 Å². The zero-order chi connectivity index (χ0) is 22.7. The molecule has 3 aromatic carbocycles. The summed E-state index contributed by atoms with van der Waals surface area (Å²) in [6.07, 6.45) is 3.67. The lowest BCUT2D eigenvalue weighted by Crippen LogP contribution is -2.38. The molecule has 4 heteroatoms. The van der Waals surface area contributed by atoms with E-state index in [1.165, 1.54) is 0 Å². The molecule has 0 amide bonds. The number of hydrogen-bond acceptors (Lipinski definition) is 3. The van der Waals surface area contributed by atoms with E-state index in [9.17, 15) is 0 Å². The number of nitriles is 1. The molecule has 5 rings (SSSR count). The maximum absolute atomic E-state index is 9.14. The van der Waals surface area contributed by atoms with Crippen LogP contribution in [0.25, 0.3) is 11.3 Å². The Morgan fingerprint density at radius 3 is 1.67 bits per heavy atom. The number of benzene rings is 3. The van der Waals surface area contributed by atoms with Gasteiger partial charge in [-0.05, 0) is 35.7 Å². The van der Waals surface area contributed by atoms with E-state index < -0.39 is 5.54 Å². The first-order valence-corrected chi connectivity index (χ1v) is 10.8. The summed E-state index contributed by atoms with van der Waals surface area (Å²) in [4.78, 5) is 4.52. The van der Waals surface area contributed by atoms with Crippen LogP contribution in [0.3, 0.4) is 0 Å². The van der Waals surface area contributed by atoms with Gasteiger partial charge in [-0.1, -0.05) is 91.0 Å². The molecule has 0 aliphatic carbocycles. The van der Waals surface area contributed by atoms with Crippen molar-refractivity contribution in [2.45, 2.75) is 12.5 Å². The Hall–Kier alpha value is -4.49. The maximum atomic E-state index is 9.14. The van der Waals surface area contributed by atoms with Crippen LogP contribution in [-0.4, -0.2) is 14.8 Å². The summed E-state index contributed by atoms with van der Waals surface area (Å²) in [5.74, 6) is 0. The van der Waals surface area contributed by atoms with Crippen molar-refractivity contribution in [3.05, 3.63) is 143 Å². The van der Waals surface area contributed by atoms with E-state index in [0.717, 1.165) is 33.6 Å². The Kier molecular flexibility index (Phi) is 5.30. The van der Waals surface area contributed by atoms with E-state index in [1.807, 2.05) is 31.2 Å². The van der Waals surface area contributed by atoms with Crippen molar-refractivity contribution >= 4 is 0 Å². The molecule has 0 aliphatic rings. The molecule has 0 radical (unpaired) electrons. The molecule has 33 heavy (non-hydrogen) atoms. The molecular weight excluding hydrogens is 404 g/mol. The Labute approximate surface area is 193 Å². The fourth-order valence-electron chi connectivity index (χ4n) is 4.44. The summed E-state index contributed by atoms with van der Waals surface area (Å²) in [5.41, 5.74) is 5.82. The van der Waals surface area contributed by atoms with Gasteiger partial charge in [-0.25, -0.2) is 0 Å². The first kappa shape index (κ1) is 20.4. The van der Waals surface area contributed by atoms with Crippen LogP contribution >= 0.6 is 0 Å². The number of aromatic nitrogens is 3. The van der Waals surface area contributed by atoms with Crippen molar-refractivity contribution < 1.29 is 0 Å². The zero-order valence-corrected chi connectivity index (χ0v) is 18.3. The van der Waals surface area contributed by atoms with Crippen LogP contribution in [0.2, 0.25) is 0 Å². The van der Waals surface area contributed by atoms with Crippen molar-refractivity contribution in [2.24, 2.45) is 0 Å². The standard InChI is InChI=1S/C29H22N4/c1-22-27(28-18-17-23(19-30)20-31-28)21-33(32-22)29(24-11-5-2-6-12-24,25-13-7-3-8-14-25)26-15-9-4-10-16-26/h2-18,20-21H,1H3. The second-order valence-corrected chi connectivity index (χ2v) is 7.93. The van der Waals surface area contributed by atoms with E-state index in [4.69, 9.17) is 10.4 Å². The monoisotopic (exact) mass is 426 g/mol. The van der Waals surface area contributed by atoms with Gasteiger partial charge in [0.1, 0.15) is 11.6 Å². The Bertz CT molecular complexity index is 1300. The van der Waals surface area contributed by atoms with E-state index in [2.05, 4.69) is 94.7 Å². The average Bonchev–Trinajstić information content (AvgIpc) is 3.28. The molecule has 2 aromatic heterocycles. The second kappa shape index (κ2) is 8.57. The number of hydrogen-bond donors (Lipinski definition) is 0. The molecule has 0 aliphatic heterocycles. The van der Waals surface area contributed by atoms with Gasteiger partial charge in [-0.15, -0.1) is 0 Å². The third-order valence-electron chi connectivity index (χ3n) is 5.99. The molecule has 0 bridgehead atoms. The Morgan fingerprint density at radius 2 is 1.24 bits per heavy atom. The first-order valence-electron chi connectivity index (χ1n) is 10.8. The van der Waals surface area contributed by atoms with Gasteiger partial charge in [-0.2, -0.15) is 10.4 Å². The van der Waals surface area contributed by atoms with Crippen LogP contribution in [-0.2, 0) is 5.54 Å². The Morgan fingerprint density at radius 1 is 0.727 bits per heavy atom. The summed E-state index contributed by atoms with van der Waals surface area (Å²) < 4.78 is 2.05. The lowest BCUT2D eigenvalue weighted by atomic mass is 9.77. The molecule has 0 saturated heterocycles. The fraction of sp³-hybridized carbons (Fsp3) is 0.0690. The molecular formula is C29H22N4. The van der Waals surface area contributed by atoms with Crippen molar-refractivity contribution in [1.29, 1.82) is 5.26 Å². The molecule has 2 heterocycles. The summed E-state index contributed by atoms with van der Waals surface area (Å²) in [5, 5.41) is 14.2. The van der Waals surface area contributed by atoms with Crippen LogP contribution in [0.4, 0.5) is 0 Å². The smallest absolute Gasteiger partial charge is 0.138 e. The maximum Gasteiger partial charge on any atom is 0.138 e. The summed E-state index contributed by atoms with van der Waals surface area (Å²) >= 11 is 0. The van der Waals surface area contributed by atoms with Crippen molar-refractivity contribution in [2.75, 3.05) is 0 Å². The Balaban J connectivity index is 1.81. The SMILES string of the molecule is Cc1nn(C(c2ccccc2)(c2ccccc2)c2ccccc2)cc1-c1ccc(C#N)cn1. The van der Waals surface area contributed by atoms with E-state index in [-0.39, 0.29) is 0 Å². The predicted molar refractivity (Wildman–Crippen MR) is 130 cm³/mol. The van der Waals surface area contributed by atoms with Crippen LogP contribution in [0.5, 0.6) is 0 Å². The highest BCUT2D eigenvalue weighted by atomic mass is 15.3. The third-order valence-corrected chi connectivity index (χ3v) is 5.99. The molecule has 0 fully saturated rings. The molecule has 158 valence electrons. The lowest BCUT2D eigenvalue weighted by Gasteiger charge is -2.36. The highest BCUT2D eigenvalue weighted by molar-refractivity contribution is 5.62. The first-order chi connectivity index (χ1) is 16.2. The second-order valence-electron chi connectivity index (χ2n) is 7.93. The summed E-state index contributed by atoms with van der Waals surface area (Å²) in [7, 11) is 0. The van der Waals surface area contributed by atoms with Crippen LogP contribution < -0.4 is 0 Å². The number of pyridine rings is 1.